The SMILES string of the molecule is CCC(CO)Nc1ncc2nc(Nc3c(F)cccc3Cl)n(C3CCC(C(N)=O)CC3)c2n1. The van der Waals surface area contributed by atoms with E-state index >= 15 is 0 Å². The second-order valence-corrected chi connectivity index (χ2v) is 8.68. The van der Waals surface area contributed by atoms with Crippen LogP contribution in [0.15, 0.2) is 24.4 Å². The first-order chi connectivity index (χ1) is 15.9. The van der Waals surface area contributed by atoms with Gasteiger partial charge in [-0.1, -0.05) is 24.6 Å². The molecule has 1 unspecified atom stereocenters. The molecule has 2 aromatic heterocycles. The summed E-state index contributed by atoms with van der Waals surface area (Å²) in [6, 6.07) is 4.24. The average molecular weight is 476 g/mol. The van der Waals surface area contributed by atoms with Crippen LogP contribution in [0.1, 0.15) is 45.1 Å². The van der Waals surface area contributed by atoms with Crippen molar-refractivity contribution in [2.45, 2.75) is 51.1 Å². The number of carbonyl (C=O) groups is 1. The molecular formula is C22H27ClFN7O2. The third kappa shape index (κ3) is 4.86. The summed E-state index contributed by atoms with van der Waals surface area (Å²) in [6.45, 7) is 1.90. The van der Waals surface area contributed by atoms with E-state index in [1.165, 1.54) is 12.1 Å². The lowest BCUT2D eigenvalue weighted by molar-refractivity contribution is -0.122. The fraction of sp³-hybridized carbons (Fsp3) is 0.455. The van der Waals surface area contributed by atoms with Crippen molar-refractivity contribution in [2.24, 2.45) is 11.7 Å². The van der Waals surface area contributed by atoms with E-state index in [4.69, 9.17) is 17.3 Å². The number of fused-ring (bicyclic) bond motifs is 1. The molecule has 5 N–H and O–H groups in total. The summed E-state index contributed by atoms with van der Waals surface area (Å²) in [4.78, 5) is 25.2. The van der Waals surface area contributed by atoms with Crippen molar-refractivity contribution in [2.75, 3.05) is 17.2 Å². The molecule has 2 heterocycles. The standard InChI is InChI=1S/C22H27ClFN7O2/c1-2-13(11-32)27-21-26-10-17-20(30-21)31(14-8-6-12(7-9-14)19(25)33)22(28-17)29-18-15(23)4-3-5-16(18)24/h3-5,10,12-14,32H,2,6-9,11H2,1H3,(H2,25,33)(H,28,29)(H,26,27,30). The van der Waals surface area contributed by atoms with Crippen molar-refractivity contribution in [3.63, 3.8) is 0 Å². The van der Waals surface area contributed by atoms with Crippen LogP contribution in [0.5, 0.6) is 0 Å². The first-order valence-electron chi connectivity index (χ1n) is 11.0. The van der Waals surface area contributed by atoms with Crippen LogP contribution in [-0.2, 0) is 4.79 Å². The Bertz CT molecular complexity index is 1120. The van der Waals surface area contributed by atoms with E-state index in [1.807, 2.05) is 11.5 Å². The van der Waals surface area contributed by atoms with Crippen LogP contribution in [0.3, 0.4) is 0 Å². The molecule has 4 rings (SSSR count). The van der Waals surface area contributed by atoms with Gasteiger partial charge in [0.05, 0.1) is 29.6 Å². The van der Waals surface area contributed by atoms with Crippen LogP contribution in [-0.4, -0.2) is 43.2 Å². The number of amides is 1. The van der Waals surface area contributed by atoms with Crippen LogP contribution in [0.25, 0.3) is 11.2 Å². The lowest BCUT2D eigenvalue weighted by Gasteiger charge is -2.29. The normalized spacial score (nSPS) is 19.4. The van der Waals surface area contributed by atoms with Crippen molar-refractivity contribution in [1.29, 1.82) is 0 Å². The third-order valence-electron chi connectivity index (χ3n) is 6.14. The van der Waals surface area contributed by atoms with Gasteiger partial charge in [-0.2, -0.15) is 4.98 Å². The summed E-state index contributed by atoms with van der Waals surface area (Å²) in [7, 11) is 0. The molecular weight excluding hydrogens is 449 g/mol. The highest BCUT2D eigenvalue weighted by Crippen LogP contribution is 2.38. The van der Waals surface area contributed by atoms with Crippen molar-refractivity contribution >= 4 is 46.3 Å². The smallest absolute Gasteiger partial charge is 0.225 e. The van der Waals surface area contributed by atoms with E-state index in [0.717, 1.165) is 0 Å². The Kier molecular flexibility index (Phi) is 6.94. The van der Waals surface area contributed by atoms with Gasteiger partial charge >= 0.3 is 0 Å². The van der Waals surface area contributed by atoms with Gasteiger partial charge in [0.15, 0.2) is 5.65 Å². The number of nitrogens with two attached hydrogens (primary N) is 1. The van der Waals surface area contributed by atoms with Gasteiger partial charge < -0.3 is 21.5 Å². The number of para-hydroxylation sites is 1. The summed E-state index contributed by atoms with van der Waals surface area (Å²) >= 11 is 6.23. The van der Waals surface area contributed by atoms with E-state index in [9.17, 15) is 14.3 Å². The molecule has 9 nitrogen and oxygen atoms in total. The van der Waals surface area contributed by atoms with E-state index < -0.39 is 5.82 Å². The molecule has 1 saturated carbocycles. The maximum Gasteiger partial charge on any atom is 0.225 e. The predicted molar refractivity (Wildman–Crippen MR) is 125 cm³/mol. The lowest BCUT2D eigenvalue weighted by atomic mass is 9.85. The largest absolute Gasteiger partial charge is 0.394 e. The monoisotopic (exact) mass is 475 g/mol. The number of aromatic nitrogens is 4. The van der Waals surface area contributed by atoms with Gasteiger partial charge in [-0.15, -0.1) is 0 Å². The summed E-state index contributed by atoms with van der Waals surface area (Å²) < 4.78 is 16.4. The zero-order valence-corrected chi connectivity index (χ0v) is 19.0. The van der Waals surface area contributed by atoms with E-state index in [1.54, 1.807) is 12.3 Å². The predicted octanol–water partition coefficient (Wildman–Crippen LogP) is 3.76. The Hall–Kier alpha value is -2.98. The summed E-state index contributed by atoms with van der Waals surface area (Å²) in [5.41, 5.74) is 6.73. The minimum atomic E-state index is -0.499. The Balaban J connectivity index is 1.76. The fourth-order valence-electron chi connectivity index (χ4n) is 4.20. The first kappa shape index (κ1) is 23.2. The minimum Gasteiger partial charge on any atom is -0.394 e. The Morgan fingerprint density at radius 1 is 1.33 bits per heavy atom. The van der Waals surface area contributed by atoms with Crippen LogP contribution in [0.2, 0.25) is 5.02 Å². The van der Waals surface area contributed by atoms with Gasteiger partial charge in [-0.25, -0.2) is 14.4 Å². The molecule has 11 heteroatoms. The van der Waals surface area contributed by atoms with Crippen LogP contribution in [0.4, 0.5) is 22.0 Å². The number of hydrogen-bond acceptors (Lipinski definition) is 7. The van der Waals surface area contributed by atoms with Crippen molar-refractivity contribution in [3.05, 3.63) is 35.2 Å². The molecule has 0 spiro atoms. The number of anilines is 3. The number of rotatable bonds is 8. The molecule has 1 atom stereocenters. The van der Waals surface area contributed by atoms with E-state index in [-0.39, 0.29) is 41.2 Å². The van der Waals surface area contributed by atoms with Crippen molar-refractivity contribution in [1.82, 2.24) is 19.5 Å². The lowest BCUT2D eigenvalue weighted by Crippen LogP contribution is -2.29. The number of aliphatic hydroxyl groups is 1. The fourth-order valence-corrected chi connectivity index (χ4v) is 4.41. The van der Waals surface area contributed by atoms with Crippen molar-refractivity contribution in [3.8, 4) is 0 Å². The molecule has 1 fully saturated rings. The first-order valence-corrected chi connectivity index (χ1v) is 11.4. The van der Waals surface area contributed by atoms with E-state index in [2.05, 4.69) is 25.6 Å². The van der Waals surface area contributed by atoms with Crippen LogP contribution in [0, 0.1) is 11.7 Å². The number of aliphatic hydroxyl groups excluding tert-OH is 1. The Morgan fingerprint density at radius 2 is 2.09 bits per heavy atom. The molecule has 1 aliphatic rings. The Labute approximate surface area is 195 Å². The number of nitrogens with zero attached hydrogens (tertiary/aromatic N) is 4. The topological polar surface area (TPSA) is 131 Å². The zero-order valence-electron chi connectivity index (χ0n) is 18.3. The molecule has 3 aromatic rings. The average Bonchev–Trinajstić information content (AvgIpc) is 3.17. The van der Waals surface area contributed by atoms with Gasteiger partial charge in [0.1, 0.15) is 11.3 Å². The molecule has 33 heavy (non-hydrogen) atoms. The molecule has 0 radical (unpaired) electrons. The van der Waals surface area contributed by atoms with Crippen LogP contribution < -0.4 is 16.4 Å². The molecule has 1 aromatic carbocycles. The molecule has 1 amide bonds. The Morgan fingerprint density at radius 3 is 2.73 bits per heavy atom. The van der Waals surface area contributed by atoms with Gasteiger partial charge in [-0.05, 0) is 44.2 Å². The number of benzene rings is 1. The number of halogens is 2. The van der Waals surface area contributed by atoms with Gasteiger partial charge in [0.2, 0.25) is 17.8 Å². The minimum absolute atomic E-state index is 0.0267. The molecule has 0 saturated heterocycles. The second kappa shape index (κ2) is 9.88. The highest BCUT2D eigenvalue weighted by atomic mass is 35.5. The van der Waals surface area contributed by atoms with Crippen LogP contribution >= 0.6 is 11.6 Å². The molecule has 1 aliphatic carbocycles. The maximum absolute atomic E-state index is 14.5. The highest BCUT2D eigenvalue weighted by Gasteiger charge is 2.29. The molecule has 0 bridgehead atoms. The summed E-state index contributed by atoms with van der Waals surface area (Å²) in [5, 5.41) is 15.9. The number of imidazole rings is 1. The van der Waals surface area contributed by atoms with Crippen molar-refractivity contribution < 1.29 is 14.3 Å². The highest BCUT2D eigenvalue weighted by molar-refractivity contribution is 6.33. The second-order valence-electron chi connectivity index (χ2n) is 8.27. The number of nitrogens with one attached hydrogen (secondary N) is 2. The maximum atomic E-state index is 14.5. The third-order valence-corrected chi connectivity index (χ3v) is 6.46. The number of hydrogen-bond donors (Lipinski definition) is 4. The zero-order chi connectivity index (χ0) is 23.5. The summed E-state index contributed by atoms with van der Waals surface area (Å²) in [6.07, 6.45) is 4.98. The molecule has 0 aliphatic heterocycles. The van der Waals surface area contributed by atoms with Gasteiger partial charge in [-0.3, -0.25) is 9.36 Å². The number of primary amides is 1. The van der Waals surface area contributed by atoms with Gasteiger partial charge in [0.25, 0.3) is 0 Å². The summed E-state index contributed by atoms with van der Waals surface area (Å²) in [5.74, 6) is -0.189. The quantitative estimate of drug-likeness (QED) is 0.390. The molecule has 176 valence electrons. The number of carbonyl (C=O) groups excluding carboxylic acids is 1. The van der Waals surface area contributed by atoms with E-state index in [0.29, 0.717) is 55.2 Å². The van der Waals surface area contributed by atoms with Gasteiger partial charge in [0, 0.05) is 12.0 Å².